The molecule has 4 aromatic carbocycles. The first-order valence-electron chi connectivity index (χ1n) is 16.6. The van der Waals surface area contributed by atoms with Crippen LogP contribution in [0.3, 0.4) is 0 Å². The van der Waals surface area contributed by atoms with E-state index in [1.165, 1.54) is 0 Å². The number of aryl methyl sites for hydroxylation is 1. The summed E-state index contributed by atoms with van der Waals surface area (Å²) in [6, 6.07) is 30.4. The Labute approximate surface area is 307 Å². The molecule has 0 radical (unpaired) electrons. The molecular formula is C39H38N2O6S4. The van der Waals surface area contributed by atoms with Gasteiger partial charge in [0.2, 0.25) is 0 Å². The maximum atomic E-state index is 11.6. The van der Waals surface area contributed by atoms with Gasteiger partial charge in [-0.3, -0.25) is 14.1 Å². The molecule has 0 amide bonds. The fraction of sp³-hybridized carbons (Fsp3) is 0.205. The highest BCUT2D eigenvalue weighted by Gasteiger charge is 2.27. The normalized spacial score (nSPS) is 14.3. The Kier molecular flexibility index (Phi) is 11.6. The number of nitrogens with zero attached hydrogens (tertiary/aromatic N) is 2. The second-order valence-electron chi connectivity index (χ2n) is 12.1. The zero-order valence-electron chi connectivity index (χ0n) is 28.0. The Morgan fingerprint density at radius 2 is 1.43 bits per heavy atom. The third-order valence-electron chi connectivity index (χ3n) is 8.54. The molecule has 3 heterocycles. The van der Waals surface area contributed by atoms with Crippen LogP contribution in [0.4, 0.5) is 5.69 Å². The Bertz CT molecular complexity index is 2430. The molecule has 0 unspecified atom stereocenters. The molecule has 0 aliphatic carbocycles. The summed E-state index contributed by atoms with van der Waals surface area (Å²) in [6.45, 7) is 2.51. The lowest BCUT2D eigenvalue weighted by atomic mass is 9.99. The molecule has 0 atom stereocenters. The zero-order valence-corrected chi connectivity index (χ0v) is 31.2. The van der Waals surface area contributed by atoms with Crippen LogP contribution in [0, 0.1) is 0 Å². The van der Waals surface area contributed by atoms with E-state index in [0.717, 1.165) is 69.7 Å². The van der Waals surface area contributed by atoms with Crippen molar-refractivity contribution in [3.8, 4) is 0 Å². The van der Waals surface area contributed by atoms with Gasteiger partial charge < -0.3 is 4.90 Å². The van der Waals surface area contributed by atoms with E-state index in [1.54, 1.807) is 35.5 Å². The number of fused-ring (bicyclic) bond motifs is 6. The number of aromatic nitrogens is 1. The van der Waals surface area contributed by atoms with Gasteiger partial charge in [-0.2, -0.15) is 16.8 Å². The van der Waals surface area contributed by atoms with Gasteiger partial charge in [0.15, 0.2) is 0 Å². The summed E-state index contributed by atoms with van der Waals surface area (Å²) in [4.78, 5) is 8.07. The summed E-state index contributed by atoms with van der Waals surface area (Å²) in [5, 5.41) is 6.49. The summed E-state index contributed by atoms with van der Waals surface area (Å²) in [6.07, 6.45) is 9.63. The van der Waals surface area contributed by atoms with Gasteiger partial charge in [0, 0.05) is 44.2 Å². The van der Waals surface area contributed by atoms with Crippen molar-refractivity contribution in [3.63, 3.8) is 0 Å². The van der Waals surface area contributed by atoms with Gasteiger partial charge in [-0.15, -0.1) is 11.3 Å². The lowest BCUT2D eigenvalue weighted by Crippen LogP contribution is -2.22. The van der Waals surface area contributed by atoms with Crippen molar-refractivity contribution in [2.24, 2.45) is 0 Å². The lowest BCUT2D eigenvalue weighted by molar-refractivity contribution is 0.479. The molecule has 264 valence electrons. The average molecular weight is 759 g/mol. The molecule has 51 heavy (non-hydrogen) atoms. The number of rotatable bonds is 11. The van der Waals surface area contributed by atoms with Crippen molar-refractivity contribution in [1.29, 1.82) is 0 Å². The molecule has 0 saturated carbocycles. The van der Waals surface area contributed by atoms with Crippen LogP contribution in [-0.2, 0) is 26.7 Å². The Morgan fingerprint density at radius 1 is 0.784 bits per heavy atom. The first kappa shape index (κ1) is 36.7. The largest absolute Gasteiger partial charge is 0.334 e. The number of allylic oxidation sites excluding steroid dienone is 2. The first-order valence-corrected chi connectivity index (χ1v) is 21.4. The first-order chi connectivity index (χ1) is 24.5. The van der Waals surface area contributed by atoms with Gasteiger partial charge in [-0.25, -0.2) is 0 Å². The number of thiophene rings is 1. The van der Waals surface area contributed by atoms with Gasteiger partial charge >= 0.3 is 0 Å². The molecule has 2 aromatic heterocycles. The zero-order chi connectivity index (χ0) is 36.0. The maximum Gasteiger partial charge on any atom is 0.264 e. The quantitative estimate of drug-likeness (QED) is 0.124. The van der Waals surface area contributed by atoms with Crippen molar-refractivity contribution in [2.75, 3.05) is 23.0 Å². The Balaban J connectivity index is 0.000000677. The summed E-state index contributed by atoms with van der Waals surface area (Å²) < 4.78 is 66.2. The van der Waals surface area contributed by atoms with E-state index in [2.05, 4.69) is 77.5 Å². The third-order valence-corrected chi connectivity index (χ3v) is 12.4. The van der Waals surface area contributed by atoms with Crippen molar-refractivity contribution in [3.05, 3.63) is 131 Å². The molecule has 1 aliphatic rings. The molecule has 0 spiro atoms. The average Bonchev–Trinajstić information content (AvgIpc) is 3.65. The molecule has 0 fully saturated rings. The van der Waals surface area contributed by atoms with Gasteiger partial charge in [-0.05, 0) is 89.4 Å². The van der Waals surface area contributed by atoms with E-state index in [9.17, 15) is 25.9 Å². The smallest absolute Gasteiger partial charge is 0.264 e. The summed E-state index contributed by atoms with van der Waals surface area (Å²) >= 11 is 3.31. The minimum absolute atomic E-state index is 0.270. The molecule has 6 aromatic rings. The number of anilines is 1. The fourth-order valence-corrected chi connectivity index (χ4v) is 9.67. The highest BCUT2D eigenvalue weighted by atomic mass is 32.2. The highest BCUT2D eigenvalue weighted by molar-refractivity contribution is 8.03. The van der Waals surface area contributed by atoms with Crippen LogP contribution in [0.15, 0.2) is 125 Å². The Hall–Kier alpha value is -4.04. The summed E-state index contributed by atoms with van der Waals surface area (Å²) in [7, 11) is -8.17. The third kappa shape index (κ3) is 9.26. The van der Waals surface area contributed by atoms with Crippen LogP contribution >= 0.6 is 23.1 Å². The van der Waals surface area contributed by atoms with Crippen molar-refractivity contribution in [1.82, 2.24) is 4.98 Å². The maximum absolute atomic E-state index is 11.6. The Morgan fingerprint density at radius 3 is 2.08 bits per heavy atom. The van der Waals surface area contributed by atoms with Crippen LogP contribution in [0.5, 0.6) is 0 Å². The molecule has 12 heteroatoms. The van der Waals surface area contributed by atoms with Crippen LogP contribution in [0.25, 0.3) is 37.7 Å². The minimum atomic E-state index is -4.09. The van der Waals surface area contributed by atoms with Gasteiger partial charge in [0.25, 0.3) is 20.2 Å². The van der Waals surface area contributed by atoms with Crippen molar-refractivity contribution < 1.29 is 25.9 Å². The number of hydrogen-bond acceptors (Lipinski definition) is 8. The van der Waals surface area contributed by atoms with Crippen LogP contribution in [0.1, 0.15) is 36.6 Å². The van der Waals surface area contributed by atoms with Crippen LogP contribution < -0.4 is 4.90 Å². The van der Waals surface area contributed by atoms with E-state index in [4.69, 9.17) is 0 Å². The molecule has 8 nitrogen and oxygen atoms in total. The van der Waals surface area contributed by atoms with Gasteiger partial charge in [0.05, 0.1) is 22.2 Å². The van der Waals surface area contributed by atoms with Crippen molar-refractivity contribution in [2.45, 2.75) is 37.5 Å². The van der Waals surface area contributed by atoms with E-state index < -0.39 is 20.2 Å². The highest BCUT2D eigenvalue weighted by Crippen LogP contribution is 2.50. The van der Waals surface area contributed by atoms with Gasteiger partial charge in [0.1, 0.15) is 0 Å². The van der Waals surface area contributed by atoms with E-state index >= 15 is 0 Å². The molecule has 0 bridgehead atoms. The predicted octanol–water partition coefficient (Wildman–Crippen LogP) is 9.63. The number of pyridine rings is 1. The van der Waals surface area contributed by atoms with E-state index in [-0.39, 0.29) is 17.9 Å². The summed E-state index contributed by atoms with van der Waals surface area (Å²) in [5.74, 6) is -0.620. The second kappa shape index (κ2) is 16.1. The molecule has 2 N–H and O–H groups in total. The van der Waals surface area contributed by atoms with Crippen molar-refractivity contribution >= 4 is 86.7 Å². The van der Waals surface area contributed by atoms with E-state index in [0.29, 0.717) is 19.4 Å². The number of hydrogen-bond donors (Lipinski definition) is 2. The number of benzene rings is 4. The SMILES string of the molecule is CCC(=C/c1sc2ccc3ccccc3c2c1CCCS(=O)(=O)O)/C=C1/Sc2ccc3ccccc3c2N1CCCS(=O)(=O)O.c1ccncc1. The standard InChI is InChI=1S/C34H33NO6S4.C5H5N/c1-2-23(21-31-28(13-7-19-44(36,37)38)33-26-11-5-3-9-24(26)14-16-29(33)42-31)22-32-35(18-8-20-45(39,40)41)34-27-12-6-4-10-25(27)15-17-30(34)43-32;1-2-4-6-5-3-1/h3-6,9-12,14-17,21-22H,2,7-8,13,18-20H2,1H3,(H,36,37,38)(H,39,40,41);1-5H/b23-21-,32-22+;. The van der Waals surface area contributed by atoms with Gasteiger partial charge in [-0.1, -0.05) is 85.4 Å². The topological polar surface area (TPSA) is 125 Å². The molecular weight excluding hydrogens is 721 g/mol. The molecule has 0 saturated heterocycles. The monoisotopic (exact) mass is 758 g/mol. The van der Waals surface area contributed by atoms with E-state index in [1.807, 2.05) is 42.5 Å². The molecule has 7 rings (SSSR count). The fourth-order valence-electron chi connectivity index (χ4n) is 6.24. The van der Waals surface area contributed by atoms with Crippen LogP contribution in [0.2, 0.25) is 0 Å². The number of thioether (sulfide) groups is 1. The molecule has 1 aliphatic heterocycles. The minimum Gasteiger partial charge on any atom is -0.334 e. The van der Waals surface area contributed by atoms with Crippen LogP contribution in [-0.4, -0.2) is 49.0 Å². The summed E-state index contributed by atoms with van der Waals surface area (Å²) in [5.41, 5.74) is 3.17. The lowest BCUT2D eigenvalue weighted by Gasteiger charge is -2.22. The predicted molar refractivity (Wildman–Crippen MR) is 213 cm³/mol. The second-order valence-corrected chi connectivity index (χ2v) is 17.4.